The summed E-state index contributed by atoms with van der Waals surface area (Å²) in [5.41, 5.74) is 3.78. The number of benzene rings is 2. The third-order valence-corrected chi connectivity index (χ3v) is 5.51. The molecule has 0 saturated carbocycles. The SMILES string of the molecule is Cc1ccc(S(=O)(=O)NCc2ccc3c(c2)oc(=O)n3C)cc1C. The Balaban J connectivity index is 1.84. The van der Waals surface area contributed by atoms with Gasteiger partial charge < -0.3 is 4.42 Å². The van der Waals surface area contributed by atoms with Crippen LogP contribution in [-0.2, 0) is 23.6 Å². The number of rotatable bonds is 4. The predicted molar refractivity (Wildman–Crippen MR) is 91.4 cm³/mol. The number of nitrogens with zero attached hydrogens (tertiary/aromatic N) is 1. The molecule has 0 aliphatic carbocycles. The highest BCUT2D eigenvalue weighted by atomic mass is 32.2. The summed E-state index contributed by atoms with van der Waals surface area (Å²) < 4.78 is 33.9. The number of fused-ring (bicyclic) bond motifs is 1. The second-order valence-corrected chi connectivity index (χ2v) is 7.57. The van der Waals surface area contributed by atoms with Crippen molar-refractivity contribution < 1.29 is 12.8 Å². The summed E-state index contributed by atoms with van der Waals surface area (Å²) in [4.78, 5) is 11.7. The van der Waals surface area contributed by atoms with Gasteiger partial charge in [-0.2, -0.15) is 0 Å². The van der Waals surface area contributed by atoms with E-state index in [0.717, 1.165) is 11.1 Å². The molecular weight excluding hydrogens is 328 g/mol. The lowest BCUT2D eigenvalue weighted by atomic mass is 10.1. The van der Waals surface area contributed by atoms with Crippen molar-refractivity contribution in [3.05, 3.63) is 63.6 Å². The lowest BCUT2D eigenvalue weighted by molar-refractivity contribution is 0.527. The van der Waals surface area contributed by atoms with E-state index in [2.05, 4.69) is 4.72 Å². The van der Waals surface area contributed by atoms with Crippen LogP contribution in [0.1, 0.15) is 16.7 Å². The van der Waals surface area contributed by atoms with E-state index in [4.69, 9.17) is 4.42 Å². The van der Waals surface area contributed by atoms with Gasteiger partial charge in [0.25, 0.3) is 0 Å². The van der Waals surface area contributed by atoms with E-state index in [9.17, 15) is 13.2 Å². The molecule has 0 bridgehead atoms. The average molecular weight is 346 g/mol. The quantitative estimate of drug-likeness (QED) is 0.785. The maximum atomic E-state index is 12.4. The van der Waals surface area contributed by atoms with Crippen molar-refractivity contribution in [2.45, 2.75) is 25.3 Å². The molecule has 1 aromatic heterocycles. The van der Waals surface area contributed by atoms with Crippen molar-refractivity contribution in [3.8, 4) is 0 Å². The Kier molecular flexibility index (Phi) is 4.06. The van der Waals surface area contributed by atoms with Gasteiger partial charge in [-0.1, -0.05) is 12.1 Å². The predicted octanol–water partition coefficient (Wildman–Crippen LogP) is 2.23. The molecule has 0 radical (unpaired) electrons. The van der Waals surface area contributed by atoms with Crippen LogP contribution in [0.4, 0.5) is 0 Å². The molecule has 2 aromatic carbocycles. The second-order valence-electron chi connectivity index (χ2n) is 5.80. The minimum Gasteiger partial charge on any atom is -0.408 e. The zero-order valence-electron chi connectivity index (χ0n) is 13.7. The molecule has 0 atom stereocenters. The third kappa shape index (κ3) is 3.00. The summed E-state index contributed by atoms with van der Waals surface area (Å²) in [6.45, 7) is 3.92. The fourth-order valence-electron chi connectivity index (χ4n) is 2.43. The number of nitrogens with one attached hydrogen (secondary N) is 1. The van der Waals surface area contributed by atoms with Crippen LogP contribution >= 0.6 is 0 Å². The van der Waals surface area contributed by atoms with Gasteiger partial charge in [0.15, 0.2) is 5.58 Å². The topological polar surface area (TPSA) is 81.3 Å². The van der Waals surface area contributed by atoms with Crippen LogP contribution < -0.4 is 10.5 Å². The van der Waals surface area contributed by atoms with Gasteiger partial charge in [-0.25, -0.2) is 17.9 Å². The number of hydrogen-bond donors (Lipinski definition) is 1. The van der Waals surface area contributed by atoms with Crippen LogP contribution in [0.2, 0.25) is 0 Å². The lowest BCUT2D eigenvalue weighted by Gasteiger charge is -2.09. The minimum absolute atomic E-state index is 0.115. The van der Waals surface area contributed by atoms with Gasteiger partial charge in [-0.3, -0.25) is 4.57 Å². The molecule has 0 amide bonds. The zero-order valence-corrected chi connectivity index (χ0v) is 14.5. The third-order valence-electron chi connectivity index (χ3n) is 4.11. The van der Waals surface area contributed by atoms with Gasteiger partial charge in [-0.05, 0) is 54.8 Å². The fourth-order valence-corrected chi connectivity index (χ4v) is 3.53. The van der Waals surface area contributed by atoms with E-state index >= 15 is 0 Å². The first-order valence-corrected chi connectivity index (χ1v) is 8.91. The van der Waals surface area contributed by atoms with Crippen LogP contribution in [0.25, 0.3) is 11.1 Å². The molecule has 0 saturated heterocycles. The smallest absolute Gasteiger partial charge is 0.408 e. The highest BCUT2D eigenvalue weighted by Gasteiger charge is 2.15. The lowest BCUT2D eigenvalue weighted by Crippen LogP contribution is -2.23. The van der Waals surface area contributed by atoms with E-state index < -0.39 is 15.8 Å². The van der Waals surface area contributed by atoms with E-state index in [-0.39, 0.29) is 11.4 Å². The molecule has 0 unspecified atom stereocenters. The Morgan fingerprint density at radius 2 is 1.83 bits per heavy atom. The Morgan fingerprint density at radius 3 is 2.54 bits per heavy atom. The van der Waals surface area contributed by atoms with Gasteiger partial charge in [0, 0.05) is 13.6 Å². The van der Waals surface area contributed by atoms with Gasteiger partial charge in [0.05, 0.1) is 10.4 Å². The zero-order chi connectivity index (χ0) is 17.5. The molecule has 0 aliphatic heterocycles. The highest BCUT2D eigenvalue weighted by Crippen LogP contribution is 2.17. The summed E-state index contributed by atoms with van der Waals surface area (Å²) in [5, 5.41) is 0. The van der Waals surface area contributed by atoms with Gasteiger partial charge in [0.2, 0.25) is 10.0 Å². The van der Waals surface area contributed by atoms with Gasteiger partial charge in [0.1, 0.15) is 0 Å². The first-order valence-electron chi connectivity index (χ1n) is 7.43. The Hall–Kier alpha value is -2.38. The van der Waals surface area contributed by atoms with E-state index in [0.29, 0.717) is 16.7 Å². The standard InChI is InChI=1S/C17H18N2O4S/c1-11-4-6-14(8-12(11)2)24(21,22)18-10-13-5-7-15-16(9-13)23-17(20)19(15)3/h4-9,18H,10H2,1-3H3. The largest absolute Gasteiger partial charge is 0.419 e. The minimum atomic E-state index is -3.60. The Bertz CT molecular complexity index is 1080. The number of oxazole rings is 1. The summed E-state index contributed by atoms with van der Waals surface area (Å²) in [5.74, 6) is -0.446. The van der Waals surface area contributed by atoms with Crippen molar-refractivity contribution in [1.82, 2.24) is 9.29 Å². The molecule has 7 heteroatoms. The molecule has 1 N–H and O–H groups in total. The number of hydrogen-bond acceptors (Lipinski definition) is 4. The maximum absolute atomic E-state index is 12.4. The van der Waals surface area contributed by atoms with E-state index in [1.807, 2.05) is 13.8 Å². The van der Waals surface area contributed by atoms with Crippen molar-refractivity contribution in [3.63, 3.8) is 0 Å². The molecular formula is C17H18N2O4S. The number of aryl methyl sites for hydroxylation is 3. The number of sulfonamides is 1. The Labute approximate surface area is 139 Å². The summed E-state index contributed by atoms with van der Waals surface area (Å²) in [6, 6.07) is 10.2. The van der Waals surface area contributed by atoms with Crippen LogP contribution in [-0.4, -0.2) is 13.0 Å². The maximum Gasteiger partial charge on any atom is 0.419 e. The normalized spacial score (nSPS) is 12.0. The summed E-state index contributed by atoms with van der Waals surface area (Å²) in [7, 11) is -1.98. The highest BCUT2D eigenvalue weighted by molar-refractivity contribution is 7.89. The van der Waals surface area contributed by atoms with Crippen molar-refractivity contribution >= 4 is 21.1 Å². The van der Waals surface area contributed by atoms with E-state index in [1.54, 1.807) is 43.4 Å². The summed E-state index contributed by atoms with van der Waals surface area (Å²) in [6.07, 6.45) is 0. The van der Waals surface area contributed by atoms with Crippen molar-refractivity contribution in [2.24, 2.45) is 7.05 Å². The van der Waals surface area contributed by atoms with Crippen molar-refractivity contribution in [2.75, 3.05) is 0 Å². The first kappa shape index (κ1) is 16.5. The van der Waals surface area contributed by atoms with Crippen molar-refractivity contribution in [1.29, 1.82) is 0 Å². The molecule has 3 rings (SSSR count). The first-order chi connectivity index (χ1) is 11.3. The molecule has 0 aliphatic rings. The van der Waals surface area contributed by atoms with Crippen LogP contribution in [0.3, 0.4) is 0 Å². The monoisotopic (exact) mass is 346 g/mol. The van der Waals surface area contributed by atoms with Gasteiger partial charge >= 0.3 is 5.76 Å². The van der Waals surface area contributed by atoms with Crippen LogP contribution in [0.15, 0.2) is 50.5 Å². The molecule has 24 heavy (non-hydrogen) atoms. The van der Waals surface area contributed by atoms with Gasteiger partial charge in [-0.15, -0.1) is 0 Å². The molecule has 126 valence electrons. The molecule has 3 aromatic rings. The molecule has 0 fully saturated rings. The molecule has 6 nitrogen and oxygen atoms in total. The fraction of sp³-hybridized carbons (Fsp3) is 0.235. The van der Waals surface area contributed by atoms with Crippen LogP contribution in [0.5, 0.6) is 0 Å². The van der Waals surface area contributed by atoms with E-state index in [1.165, 1.54) is 4.57 Å². The summed E-state index contributed by atoms with van der Waals surface area (Å²) >= 11 is 0. The average Bonchev–Trinajstić information content (AvgIpc) is 2.82. The second kappa shape index (κ2) is 5.92. The molecule has 1 heterocycles. The number of aromatic nitrogens is 1. The Morgan fingerprint density at radius 1 is 1.08 bits per heavy atom. The van der Waals surface area contributed by atoms with Crippen LogP contribution in [0, 0.1) is 13.8 Å². The molecule has 0 spiro atoms.